The lowest BCUT2D eigenvalue weighted by atomic mass is 10.2. The van der Waals surface area contributed by atoms with Crippen LogP contribution in [0.15, 0.2) is 60.0 Å². The van der Waals surface area contributed by atoms with Crippen LogP contribution in [-0.2, 0) is 11.3 Å². The zero-order chi connectivity index (χ0) is 17.6. The Bertz CT molecular complexity index is 836. The van der Waals surface area contributed by atoms with E-state index in [0.717, 1.165) is 16.8 Å². The lowest BCUT2D eigenvalue weighted by Gasteiger charge is -2.19. The molecule has 0 bridgehead atoms. The highest BCUT2D eigenvalue weighted by Gasteiger charge is 2.19. The Balaban J connectivity index is 1.88. The quantitative estimate of drug-likeness (QED) is 0.561. The molecule has 3 aromatic rings. The molecule has 3 nitrogen and oxygen atoms in total. The molecule has 0 aliphatic rings. The number of benzene rings is 2. The van der Waals surface area contributed by atoms with Crippen molar-refractivity contribution in [3.05, 3.63) is 71.4 Å². The summed E-state index contributed by atoms with van der Waals surface area (Å²) in [5.74, 6) is -0.0959. The first kappa shape index (κ1) is 17.6. The highest BCUT2D eigenvalue weighted by molar-refractivity contribution is 7.14. The van der Waals surface area contributed by atoms with Crippen molar-refractivity contribution in [2.24, 2.45) is 0 Å². The second-order valence-electron chi connectivity index (χ2n) is 5.43. The van der Waals surface area contributed by atoms with Crippen molar-refractivity contribution >= 4 is 34.0 Å². The highest BCUT2D eigenvalue weighted by Crippen LogP contribution is 2.29. The smallest absolute Gasteiger partial charge is 0.230 e. The molecule has 0 atom stereocenters. The summed E-state index contributed by atoms with van der Waals surface area (Å²) in [5.41, 5.74) is 2.55. The maximum Gasteiger partial charge on any atom is 0.230 e. The van der Waals surface area contributed by atoms with Crippen LogP contribution in [0.2, 0.25) is 0 Å². The van der Waals surface area contributed by atoms with Crippen LogP contribution in [0.25, 0.3) is 11.3 Å². The lowest BCUT2D eigenvalue weighted by molar-refractivity contribution is -0.118. The molecular weight excluding hydrogens is 359 g/mol. The molecule has 0 radical (unpaired) electrons. The number of halogens is 2. The lowest BCUT2D eigenvalue weighted by Crippen LogP contribution is -2.30. The Labute approximate surface area is 154 Å². The van der Waals surface area contributed by atoms with Gasteiger partial charge in [0, 0.05) is 23.2 Å². The minimum atomic E-state index is -0.290. The van der Waals surface area contributed by atoms with Crippen LogP contribution in [0.5, 0.6) is 0 Å². The van der Waals surface area contributed by atoms with Gasteiger partial charge in [-0.3, -0.25) is 9.69 Å². The molecule has 0 unspecified atom stereocenters. The summed E-state index contributed by atoms with van der Waals surface area (Å²) in [6.07, 6.45) is 0.250. The third-order valence-electron chi connectivity index (χ3n) is 3.66. The fourth-order valence-electron chi connectivity index (χ4n) is 2.39. The van der Waals surface area contributed by atoms with Gasteiger partial charge in [-0.2, -0.15) is 0 Å². The van der Waals surface area contributed by atoms with Gasteiger partial charge in [0.25, 0.3) is 0 Å². The minimum absolute atomic E-state index is 0.0705. The molecule has 0 saturated heterocycles. The van der Waals surface area contributed by atoms with Gasteiger partial charge in [-0.15, -0.1) is 22.9 Å². The number of anilines is 1. The van der Waals surface area contributed by atoms with Crippen LogP contribution < -0.4 is 4.90 Å². The fourth-order valence-corrected chi connectivity index (χ4v) is 3.40. The summed E-state index contributed by atoms with van der Waals surface area (Å²) in [5, 5.41) is 2.48. The fraction of sp³-hybridized carbons (Fsp3) is 0.158. The van der Waals surface area contributed by atoms with E-state index in [4.69, 9.17) is 11.6 Å². The van der Waals surface area contributed by atoms with Crippen molar-refractivity contribution in [2.75, 3.05) is 10.8 Å². The van der Waals surface area contributed by atoms with Crippen molar-refractivity contribution < 1.29 is 9.18 Å². The Morgan fingerprint density at radius 3 is 2.52 bits per heavy atom. The van der Waals surface area contributed by atoms with Gasteiger partial charge in [-0.05, 0) is 29.8 Å². The summed E-state index contributed by atoms with van der Waals surface area (Å²) in [7, 11) is 0. The van der Waals surface area contributed by atoms with Crippen LogP contribution in [-0.4, -0.2) is 16.8 Å². The molecule has 0 fully saturated rings. The van der Waals surface area contributed by atoms with Crippen molar-refractivity contribution in [3.8, 4) is 11.3 Å². The second kappa shape index (κ2) is 8.23. The van der Waals surface area contributed by atoms with E-state index in [0.29, 0.717) is 11.7 Å². The number of carbonyl (C=O) groups excluding carboxylic acids is 1. The molecule has 0 spiro atoms. The van der Waals surface area contributed by atoms with Gasteiger partial charge < -0.3 is 0 Å². The van der Waals surface area contributed by atoms with E-state index in [-0.39, 0.29) is 24.0 Å². The number of hydrogen-bond donors (Lipinski definition) is 0. The van der Waals surface area contributed by atoms with Crippen LogP contribution in [0.3, 0.4) is 0 Å². The number of rotatable bonds is 6. The van der Waals surface area contributed by atoms with E-state index >= 15 is 0 Å². The van der Waals surface area contributed by atoms with E-state index < -0.39 is 0 Å². The Kier molecular flexibility index (Phi) is 5.79. The largest absolute Gasteiger partial charge is 0.284 e. The third kappa shape index (κ3) is 4.44. The van der Waals surface area contributed by atoms with E-state index in [9.17, 15) is 9.18 Å². The molecule has 1 aromatic heterocycles. The number of nitrogens with zero attached hydrogens (tertiary/aromatic N) is 2. The molecule has 6 heteroatoms. The minimum Gasteiger partial charge on any atom is -0.284 e. The summed E-state index contributed by atoms with van der Waals surface area (Å²) in [4.78, 5) is 18.7. The predicted molar refractivity (Wildman–Crippen MR) is 100 cm³/mol. The number of amides is 1. The molecular formula is C19H16ClFN2OS. The normalized spacial score (nSPS) is 10.6. The van der Waals surface area contributed by atoms with Gasteiger partial charge in [0.2, 0.25) is 5.91 Å². The Hall–Kier alpha value is -2.24. The zero-order valence-electron chi connectivity index (χ0n) is 13.4. The van der Waals surface area contributed by atoms with Crippen LogP contribution in [0, 0.1) is 5.82 Å². The number of hydrogen-bond acceptors (Lipinski definition) is 3. The van der Waals surface area contributed by atoms with Crippen LogP contribution in [0.4, 0.5) is 9.52 Å². The average molecular weight is 375 g/mol. The topological polar surface area (TPSA) is 33.2 Å². The predicted octanol–water partition coefficient (Wildman–Crippen LogP) is 5.11. The zero-order valence-corrected chi connectivity index (χ0v) is 14.9. The number of alkyl halides is 1. The molecule has 25 heavy (non-hydrogen) atoms. The first-order valence-electron chi connectivity index (χ1n) is 7.79. The summed E-state index contributed by atoms with van der Waals surface area (Å²) < 4.78 is 13.1. The van der Waals surface area contributed by atoms with E-state index in [1.165, 1.54) is 23.5 Å². The third-order valence-corrected chi connectivity index (χ3v) is 4.71. The van der Waals surface area contributed by atoms with Crippen LogP contribution in [0.1, 0.15) is 12.0 Å². The molecule has 128 valence electrons. The molecule has 0 N–H and O–H groups in total. The standard InChI is InChI=1S/C19H16ClFN2OS/c20-11-10-18(24)23(12-14-4-2-1-3-5-14)19-22-17(13-25-19)15-6-8-16(21)9-7-15/h1-9,13H,10-12H2. The van der Waals surface area contributed by atoms with Gasteiger partial charge in [-0.25, -0.2) is 9.37 Å². The van der Waals surface area contributed by atoms with Crippen molar-refractivity contribution in [1.82, 2.24) is 4.98 Å². The number of thiazole rings is 1. The summed E-state index contributed by atoms with van der Waals surface area (Å²) in [6, 6.07) is 15.9. The van der Waals surface area contributed by atoms with Crippen LogP contribution >= 0.6 is 22.9 Å². The number of aromatic nitrogens is 1. The Morgan fingerprint density at radius 1 is 1.12 bits per heavy atom. The maximum absolute atomic E-state index is 13.1. The van der Waals surface area contributed by atoms with Gasteiger partial charge in [0.1, 0.15) is 5.82 Å². The molecule has 1 heterocycles. The Morgan fingerprint density at radius 2 is 1.84 bits per heavy atom. The first-order valence-corrected chi connectivity index (χ1v) is 9.20. The summed E-state index contributed by atoms with van der Waals surface area (Å²) in [6.45, 7) is 0.437. The van der Waals surface area contributed by atoms with Gasteiger partial charge in [-0.1, -0.05) is 30.3 Å². The number of carbonyl (C=O) groups is 1. The molecule has 2 aromatic carbocycles. The SMILES string of the molecule is O=C(CCCl)N(Cc1ccccc1)c1nc(-c2ccc(F)cc2)cs1. The van der Waals surface area contributed by atoms with Gasteiger partial charge in [0.15, 0.2) is 5.13 Å². The summed E-state index contributed by atoms with van der Waals surface area (Å²) >= 11 is 7.13. The monoisotopic (exact) mass is 374 g/mol. The van der Waals surface area contributed by atoms with Gasteiger partial charge in [0.05, 0.1) is 12.2 Å². The highest BCUT2D eigenvalue weighted by atomic mass is 35.5. The molecule has 0 aliphatic carbocycles. The molecule has 0 aliphatic heterocycles. The molecule has 0 saturated carbocycles. The van der Waals surface area contributed by atoms with Crippen molar-refractivity contribution in [3.63, 3.8) is 0 Å². The molecule has 3 rings (SSSR count). The second-order valence-corrected chi connectivity index (χ2v) is 6.64. The maximum atomic E-state index is 13.1. The van der Waals surface area contributed by atoms with Crippen molar-refractivity contribution in [2.45, 2.75) is 13.0 Å². The molecule has 1 amide bonds. The van der Waals surface area contributed by atoms with Crippen molar-refractivity contribution in [1.29, 1.82) is 0 Å². The van der Waals surface area contributed by atoms with Gasteiger partial charge >= 0.3 is 0 Å². The van der Waals surface area contributed by atoms with E-state index in [1.807, 2.05) is 35.7 Å². The van der Waals surface area contributed by atoms with E-state index in [2.05, 4.69) is 4.98 Å². The first-order chi connectivity index (χ1) is 12.2. The average Bonchev–Trinajstić information content (AvgIpc) is 3.11. The van der Waals surface area contributed by atoms with E-state index in [1.54, 1.807) is 17.0 Å².